The average Bonchev–Trinajstić information content (AvgIpc) is 2.29. The van der Waals surface area contributed by atoms with E-state index in [1.807, 2.05) is 13.8 Å². The van der Waals surface area contributed by atoms with Crippen LogP contribution >= 0.6 is 0 Å². The number of hydrogen-bond acceptors (Lipinski definition) is 2. The van der Waals surface area contributed by atoms with Crippen molar-refractivity contribution in [2.75, 3.05) is 11.4 Å². The van der Waals surface area contributed by atoms with Gasteiger partial charge in [0.05, 0.1) is 11.1 Å². The molecular weight excluding hydrogens is 219 g/mol. The summed E-state index contributed by atoms with van der Waals surface area (Å²) >= 11 is 0. The monoisotopic (exact) mass is 236 g/mol. The smallest absolute Gasteiger partial charge is 0.234 e. The van der Waals surface area contributed by atoms with E-state index in [0.717, 1.165) is 0 Å². The van der Waals surface area contributed by atoms with Crippen molar-refractivity contribution in [3.8, 4) is 0 Å². The van der Waals surface area contributed by atoms with Gasteiger partial charge in [-0.05, 0) is 32.4 Å². The van der Waals surface area contributed by atoms with Gasteiger partial charge in [-0.3, -0.25) is 4.79 Å². The fourth-order valence-corrected chi connectivity index (χ4v) is 2.14. The SMILES string of the molecule is CC1(C)C(=O)N(c2ccccc2F)CCC1N. The van der Waals surface area contributed by atoms with Crippen LogP contribution in [-0.4, -0.2) is 18.5 Å². The molecule has 0 spiro atoms. The van der Waals surface area contributed by atoms with Gasteiger partial charge in [-0.15, -0.1) is 0 Å². The first kappa shape index (κ1) is 12.0. The molecule has 1 heterocycles. The van der Waals surface area contributed by atoms with Gasteiger partial charge in [0.15, 0.2) is 0 Å². The molecule has 1 unspecified atom stereocenters. The topological polar surface area (TPSA) is 46.3 Å². The van der Waals surface area contributed by atoms with Gasteiger partial charge in [0.2, 0.25) is 5.91 Å². The number of carbonyl (C=O) groups is 1. The van der Waals surface area contributed by atoms with E-state index >= 15 is 0 Å². The molecule has 0 radical (unpaired) electrons. The first-order valence-corrected chi connectivity index (χ1v) is 5.76. The summed E-state index contributed by atoms with van der Waals surface area (Å²) < 4.78 is 13.7. The van der Waals surface area contributed by atoms with Crippen LogP contribution in [-0.2, 0) is 4.79 Å². The van der Waals surface area contributed by atoms with E-state index < -0.39 is 5.41 Å². The van der Waals surface area contributed by atoms with Crippen LogP contribution in [0.15, 0.2) is 24.3 Å². The molecule has 17 heavy (non-hydrogen) atoms. The number of anilines is 1. The van der Waals surface area contributed by atoms with Gasteiger partial charge < -0.3 is 10.6 Å². The van der Waals surface area contributed by atoms with Gasteiger partial charge >= 0.3 is 0 Å². The molecule has 4 heteroatoms. The van der Waals surface area contributed by atoms with Crippen molar-refractivity contribution in [3.63, 3.8) is 0 Å². The number of amides is 1. The number of hydrogen-bond donors (Lipinski definition) is 1. The van der Waals surface area contributed by atoms with Crippen LogP contribution in [0.4, 0.5) is 10.1 Å². The molecular formula is C13H17FN2O. The van der Waals surface area contributed by atoms with Crippen LogP contribution in [0, 0.1) is 11.2 Å². The molecule has 1 amide bonds. The zero-order chi connectivity index (χ0) is 12.6. The summed E-state index contributed by atoms with van der Waals surface area (Å²) in [7, 11) is 0. The van der Waals surface area contributed by atoms with E-state index in [0.29, 0.717) is 18.7 Å². The highest BCUT2D eigenvalue weighted by atomic mass is 19.1. The minimum Gasteiger partial charge on any atom is -0.327 e. The molecule has 1 aliphatic rings. The number of carbonyl (C=O) groups excluding carboxylic acids is 1. The van der Waals surface area contributed by atoms with E-state index in [4.69, 9.17) is 5.73 Å². The Morgan fingerprint density at radius 3 is 2.71 bits per heavy atom. The van der Waals surface area contributed by atoms with Gasteiger partial charge in [0, 0.05) is 12.6 Å². The molecule has 2 N–H and O–H groups in total. The highest BCUT2D eigenvalue weighted by Crippen LogP contribution is 2.33. The molecule has 0 bridgehead atoms. The lowest BCUT2D eigenvalue weighted by Crippen LogP contribution is -2.56. The number of halogens is 1. The Labute approximate surface area is 100 Å². The molecule has 92 valence electrons. The molecule has 1 fully saturated rings. The first-order chi connectivity index (χ1) is 7.94. The molecule has 1 saturated heterocycles. The Kier molecular flexibility index (Phi) is 2.91. The van der Waals surface area contributed by atoms with E-state index in [9.17, 15) is 9.18 Å². The van der Waals surface area contributed by atoms with Gasteiger partial charge in [-0.2, -0.15) is 0 Å². The van der Waals surface area contributed by atoms with Gasteiger partial charge in [-0.25, -0.2) is 4.39 Å². The van der Waals surface area contributed by atoms with Gasteiger partial charge in [0.1, 0.15) is 5.82 Å². The minimum absolute atomic E-state index is 0.110. The maximum atomic E-state index is 13.7. The summed E-state index contributed by atoms with van der Waals surface area (Å²) in [6, 6.07) is 6.17. The fraction of sp³-hybridized carbons (Fsp3) is 0.462. The number of nitrogens with two attached hydrogens (primary N) is 1. The Hall–Kier alpha value is -1.42. The molecule has 3 nitrogen and oxygen atoms in total. The zero-order valence-corrected chi connectivity index (χ0v) is 10.1. The molecule has 0 aromatic heterocycles. The lowest BCUT2D eigenvalue weighted by Gasteiger charge is -2.41. The Balaban J connectivity index is 2.36. The standard InChI is InChI=1S/C13H17FN2O/c1-13(2)11(15)7-8-16(12(13)17)10-6-4-3-5-9(10)14/h3-6,11H,7-8,15H2,1-2H3. The summed E-state index contributed by atoms with van der Waals surface area (Å²) in [4.78, 5) is 13.8. The number of piperidine rings is 1. The van der Waals surface area contributed by atoms with Gasteiger partial charge in [-0.1, -0.05) is 12.1 Å². The van der Waals surface area contributed by atoms with Crippen molar-refractivity contribution in [3.05, 3.63) is 30.1 Å². The highest BCUT2D eigenvalue weighted by molar-refractivity contribution is 5.98. The summed E-state index contributed by atoms with van der Waals surface area (Å²) in [5, 5.41) is 0. The molecule has 0 saturated carbocycles. The molecule has 1 aliphatic heterocycles. The molecule has 1 atom stereocenters. The van der Waals surface area contributed by atoms with Gasteiger partial charge in [0.25, 0.3) is 0 Å². The molecule has 2 rings (SSSR count). The maximum Gasteiger partial charge on any atom is 0.234 e. The second kappa shape index (κ2) is 4.11. The van der Waals surface area contributed by atoms with E-state index in [1.54, 1.807) is 18.2 Å². The number of nitrogens with zero attached hydrogens (tertiary/aromatic N) is 1. The van der Waals surface area contributed by atoms with Crippen molar-refractivity contribution in [2.24, 2.45) is 11.1 Å². The Morgan fingerprint density at radius 2 is 2.06 bits per heavy atom. The summed E-state index contributed by atoms with van der Waals surface area (Å²) in [5.41, 5.74) is 5.65. The van der Waals surface area contributed by atoms with Crippen molar-refractivity contribution < 1.29 is 9.18 Å². The summed E-state index contributed by atoms with van der Waals surface area (Å²) in [5.74, 6) is -0.478. The van der Waals surface area contributed by atoms with Crippen LogP contribution in [0.25, 0.3) is 0 Å². The van der Waals surface area contributed by atoms with Crippen molar-refractivity contribution >= 4 is 11.6 Å². The van der Waals surface area contributed by atoms with E-state index in [1.165, 1.54) is 11.0 Å². The summed E-state index contributed by atoms with van der Waals surface area (Å²) in [6.45, 7) is 4.10. The van der Waals surface area contributed by atoms with Crippen molar-refractivity contribution in [2.45, 2.75) is 26.3 Å². The second-order valence-corrected chi connectivity index (χ2v) is 5.03. The minimum atomic E-state index is -0.638. The van der Waals surface area contributed by atoms with Crippen molar-refractivity contribution in [1.29, 1.82) is 0 Å². The average molecular weight is 236 g/mol. The Bertz CT molecular complexity index is 445. The largest absolute Gasteiger partial charge is 0.327 e. The maximum absolute atomic E-state index is 13.7. The quantitative estimate of drug-likeness (QED) is 0.809. The number of rotatable bonds is 1. The van der Waals surface area contributed by atoms with Crippen molar-refractivity contribution in [1.82, 2.24) is 0 Å². The van der Waals surface area contributed by atoms with Crippen LogP contribution in [0.1, 0.15) is 20.3 Å². The number of para-hydroxylation sites is 1. The summed E-state index contributed by atoms with van der Waals surface area (Å²) in [6.07, 6.45) is 0.688. The van der Waals surface area contributed by atoms with E-state index in [2.05, 4.69) is 0 Å². The molecule has 1 aromatic rings. The van der Waals surface area contributed by atoms with E-state index in [-0.39, 0.29) is 17.8 Å². The molecule has 0 aliphatic carbocycles. The number of benzene rings is 1. The predicted molar refractivity (Wildman–Crippen MR) is 65.1 cm³/mol. The predicted octanol–water partition coefficient (Wildman–Crippen LogP) is 1.92. The van der Waals surface area contributed by atoms with Crippen LogP contribution in [0.2, 0.25) is 0 Å². The lowest BCUT2D eigenvalue weighted by molar-refractivity contribution is -0.129. The molecule has 1 aromatic carbocycles. The third kappa shape index (κ3) is 1.93. The zero-order valence-electron chi connectivity index (χ0n) is 10.1. The third-order valence-electron chi connectivity index (χ3n) is 3.53. The lowest BCUT2D eigenvalue weighted by atomic mass is 9.78. The Morgan fingerprint density at radius 1 is 1.41 bits per heavy atom. The highest BCUT2D eigenvalue weighted by Gasteiger charge is 2.42. The van der Waals surface area contributed by atoms with Crippen LogP contribution in [0.3, 0.4) is 0 Å². The normalized spacial score (nSPS) is 23.9. The van der Waals surface area contributed by atoms with Crippen LogP contribution < -0.4 is 10.6 Å². The third-order valence-corrected chi connectivity index (χ3v) is 3.53. The first-order valence-electron chi connectivity index (χ1n) is 5.76. The fourth-order valence-electron chi connectivity index (χ4n) is 2.14. The second-order valence-electron chi connectivity index (χ2n) is 5.03. The van der Waals surface area contributed by atoms with Crippen LogP contribution in [0.5, 0.6) is 0 Å².